The smallest absolute Gasteiger partial charge is 0.475 e. The van der Waals surface area contributed by atoms with Gasteiger partial charge in [-0.2, -0.15) is 13.2 Å². The van der Waals surface area contributed by atoms with Crippen LogP contribution in [0.3, 0.4) is 0 Å². The van der Waals surface area contributed by atoms with Crippen LogP contribution in [0.5, 0.6) is 0 Å². The number of aromatic nitrogens is 3. The second kappa shape index (κ2) is 43.5. The predicted molar refractivity (Wildman–Crippen MR) is 394 cm³/mol. The van der Waals surface area contributed by atoms with Gasteiger partial charge in [0.15, 0.2) is 14.9 Å². The first-order valence-corrected chi connectivity index (χ1v) is 38.3. The number of thiazole rings is 1. The molecule has 11 amide bonds. The summed E-state index contributed by atoms with van der Waals surface area (Å²) in [4.78, 5) is 160. The van der Waals surface area contributed by atoms with Gasteiger partial charge < -0.3 is 77.4 Å². The number of benzene rings is 2. The minimum atomic E-state index is -5.08. The number of sulfone groups is 1. The first kappa shape index (κ1) is 91.0. The number of aliphatic carboxylic acids is 1. The summed E-state index contributed by atoms with van der Waals surface area (Å²) >= 11 is 1.46. The summed E-state index contributed by atoms with van der Waals surface area (Å²) < 4.78 is 72.7. The minimum Gasteiger partial charge on any atom is -0.475 e. The molecule has 598 valence electrons. The first-order valence-electron chi connectivity index (χ1n) is 35.5. The minimum absolute atomic E-state index is 0.0528. The van der Waals surface area contributed by atoms with Crippen molar-refractivity contribution in [1.29, 1.82) is 0 Å². The molecule has 0 bridgehead atoms. The number of hydrogen-bond acceptors (Lipinski definition) is 20. The van der Waals surface area contributed by atoms with Gasteiger partial charge in [-0.15, -0.1) is 11.3 Å². The van der Waals surface area contributed by atoms with Crippen LogP contribution in [0.4, 0.5) is 28.4 Å². The Morgan fingerprint density at radius 2 is 1.43 bits per heavy atom. The van der Waals surface area contributed by atoms with Crippen LogP contribution in [-0.4, -0.2) is 205 Å². The molecule has 0 unspecified atom stereocenters. The fourth-order valence-corrected chi connectivity index (χ4v) is 13.0. The van der Waals surface area contributed by atoms with Crippen molar-refractivity contribution in [2.75, 3.05) is 52.5 Å². The maximum Gasteiger partial charge on any atom is 0.490 e. The molecular weight excluding hydrogens is 1450 g/mol. The number of ether oxygens (including phenoxy) is 3. The zero-order chi connectivity index (χ0) is 80.8. The van der Waals surface area contributed by atoms with Crippen molar-refractivity contribution in [3.8, 4) is 0 Å². The van der Waals surface area contributed by atoms with Crippen molar-refractivity contribution >= 4 is 92.2 Å². The molecule has 0 spiro atoms. The van der Waals surface area contributed by atoms with Crippen LogP contribution in [-0.2, 0) is 75.4 Å². The maximum absolute atomic E-state index is 14.7. The molecule has 31 nitrogen and oxygen atoms in total. The molecule has 0 radical (unpaired) electrons. The molecular formula is C72H105F3N14O17S2. The van der Waals surface area contributed by atoms with E-state index < -0.39 is 135 Å². The van der Waals surface area contributed by atoms with Crippen LogP contribution in [0.2, 0.25) is 0 Å². The third-order valence-corrected chi connectivity index (χ3v) is 20.0. The van der Waals surface area contributed by atoms with Gasteiger partial charge in [-0.05, 0) is 99.8 Å². The summed E-state index contributed by atoms with van der Waals surface area (Å²) in [6.07, 6.45) is 1.56. The molecule has 108 heavy (non-hydrogen) atoms. The van der Waals surface area contributed by atoms with Crippen molar-refractivity contribution in [2.45, 2.75) is 205 Å². The first-order chi connectivity index (χ1) is 50.7. The summed E-state index contributed by atoms with van der Waals surface area (Å²) in [5.41, 5.74) is 5.46. The Hall–Kier alpha value is -9.42. The normalized spacial score (nSPS) is 15.5. The largest absolute Gasteiger partial charge is 0.490 e. The van der Waals surface area contributed by atoms with Crippen LogP contribution in [0.15, 0.2) is 83.6 Å². The zero-order valence-corrected chi connectivity index (χ0v) is 64.9. The number of rotatable bonds is 40. The number of anilines is 1. The fourth-order valence-electron chi connectivity index (χ4n) is 11.9. The van der Waals surface area contributed by atoms with Gasteiger partial charge in [0.1, 0.15) is 41.0 Å². The van der Waals surface area contributed by atoms with Crippen molar-refractivity contribution < 1.29 is 93.6 Å². The van der Waals surface area contributed by atoms with E-state index in [-0.39, 0.29) is 79.9 Å². The number of halogens is 3. The Labute approximate surface area is 632 Å². The summed E-state index contributed by atoms with van der Waals surface area (Å²) in [6.45, 7) is 16.3. The summed E-state index contributed by atoms with van der Waals surface area (Å²) in [7, 11) is 1.10. The highest BCUT2D eigenvalue weighted by Crippen LogP contribution is 2.31. The van der Waals surface area contributed by atoms with Gasteiger partial charge in [0.2, 0.25) is 41.4 Å². The monoisotopic (exact) mass is 1560 g/mol. The number of carboxylic acid groups (broad SMARTS) is 1. The molecule has 1 fully saturated rings. The lowest BCUT2D eigenvalue weighted by Gasteiger charge is -2.41. The van der Waals surface area contributed by atoms with Gasteiger partial charge in [0.25, 0.3) is 5.91 Å². The van der Waals surface area contributed by atoms with Gasteiger partial charge in [0, 0.05) is 70.8 Å². The highest BCUT2D eigenvalue weighted by Gasteiger charge is 2.45. The Morgan fingerprint density at radius 3 is 1.98 bits per heavy atom. The SMILES string of the molecule is CC[C@H](C)[C@@H]([C@@H](CC(=O)N1CCC[C@H]1[C@H](OC)[C@@H](C)C(=O)N[C@@H](Cc1ccccc1)c1nccs1)OC)N(C)C(=O)[C@@H](NC(=O)C(C)(C)NC(=O)OCc1ccc(NC(=O)[C@H](CCCNC(N)=O)NC(=O)[C@@H](NC(=O)CCCCCNC(=O)c2cnc(S(C)(=O)=O)cn2)C(C)C)cc1)C(C)C.O=C(O)C(F)(F)F. The number of carbonyl (C=O) groups excluding carboxylic acids is 10. The molecule has 36 heteroatoms. The number of nitrogens with zero attached hydrogens (tertiary/aromatic N) is 5. The second-order valence-electron chi connectivity index (χ2n) is 27.6. The van der Waals surface area contributed by atoms with Crippen LogP contribution in [0.25, 0.3) is 0 Å². The second-order valence-corrected chi connectivity index (χ2v) is 30.5. The number of carboxylic acids is 1. The van der Waals surface area contributed by atoms with E-state index in [0.29, 0.717) is 62.7 Å². The zero-order valence-electron chi connectivity index (χ0n) is 63.3. The van der Waals surface area contributed by atoms with E-state index in [9.17, 15) is 69.5 Å². The Bertz CT molecular complexity index is 3730. The third kappa shape index (κ3) is 29.3. The Kier molecular flexibility index (Phi) is 36.7. The Balaban J connectivity index is 0.00000334. The average molecular weight is 1560 g/mol. The van der Waals surface area contributed by atoms with Crippen molar-refractivity contribution in [3.63, 3.8) is 0 Å². The number of methoxy groups -OCH3 is 2. The number of urea groups is 1. The van der Waals surface area contributed by atoms with Gasteiger partial charge in [-0.25, -0.2) is 37.8 Å². The Morgan fingerprint density at radius 1 is 0.778 bits per heavy atom. The van der Waals surface area contributed by atoms with Gasteiger partial charge in [0.05, 0.1) is 55.1 Å². The molecule has 3 heterocycles. The van der Waals surface area contributed by atoms with E-state index in [0.717, 1.165) is 29.2 Å². The molecule has 1 aliphatic rings. The van der Waals surface area contributed by atoms with E-state index in [1.54, 1.807) is 77.2 Å². The molecule has 1 saturated heterocycles. The number of alkyl halides is 3. The number of nitrogens with one attached hydrogen (secondary N) is 8. The number of primary amides is 1. The van der Waals surface area contributed by atoms with Crippen molar-refractivity contribution in [2.24, 2.45) is 29.4 Å². The third-order valence-electron chi connectivity index (χ3n) is 18.1. The van der Waals surface area contributed by atoms with Crippen LogP contribution >= 0.6 is 11.3 Å². The fraction of sp³-hybridized carbons (Fsp3) is 0.583. The molecule has 0 aliphatic carbocycles. The standard InChI is InChI=1S/C70H104N14O15S2.C2HF3O2/c1-14-44(6)59(53(97-11)38-56(86)84-35-22-26-52(84)60(98-12)45(7)61(87)79-50(65-73-34-36-100-65)37-46-23-17-15-18-24-46)83(10)66(91)58(43(4)5)81-67(92)70(8,9)82-69(94)99-41-47-28-30-48(31-29-47)77-63(89)49(25-21-33-74-68(71)93)78-64(90)57(42(2)3)80-54(85)27-19-16-20-32-72-62(88)51-39-76-55(40-75-51)101(13,95)96;3-2(4,5)1(6)7/h15,17-18,23-24,28-31,34,36,39-40,42-45,49-50,52-53,57-60H,14,16,19-22,25-27,32-33,35,37-38,41H2,1-13H3,(H,72,88)(H,77,89)(H,78,90)(H,79,87)(H,80,85)(H,81,92)(H,82,94)(H3,71,74,93);(H,6,7)/t44-,45+,49-,50-,52-,53+,57-,58-,59-,60+;/m0./s1. The molecule has 2 aromatic heterocycles. The lowest BCUT2D eigenvalue weighted by atomic mass is 9.89. The summed E-state index contributed by atoms with van der Waals surface area (Å²) in [5, 5.41) is 31.6. The van der Waals surface area contributed by atoms with Gasteiger partial charge >= 0.3 is 24.3 Å². The van der Waals surface area contributed by atoms with E-state index in [1.807, 2.05) is 56.5 Å². The topological polar surface area (TPSA) is 437 Å². The number of carbonyl (C=O) groups is 11. The van der Waals surface area contributed by atoms with Crippen molar-refractivity contribution in [1.82, 2.24) is 62.0 Å². The average Bonchev–Trinajstić information content (AvgIpc) is 1.18. The van der Waals surface area contributed by atoms with E-state index in [1.165, 1.54) is 37.2 Å². The highest BCUT2D eigenvalue weighted by atomic mass is 32.2. The lowest BCUT2D eigenvalue weighted by Crippen LogP contribution is -2.62. The molecule has 2 aromatic carbocycles. The highest BCUT2D eigenvalue weighted by molar-refractivity contribution is 7.90. The van der Waals surface area contributed by atoms with Crippen LogP contribution < -0.4 is 48.3 Å². The van der Waals surface area contributed by atoms with E-state index in [2.05, 4.69) is 57.5 Å². The molecule has 5 rings (SSSR count). The van der Waals surface area contributed by atoms with Crippen LogP contribution in [0, 0.1) is 23.7 Å². The number of amides is 11. The summed E-state index contributed by atoms with van der Waals surface area (Å²) in [5.74, 6) is -8.14. The van der Waals surface area contributed by atoms with Gasteiger partial charge in [-0.1, -0.05) is 104 Å². The molecule has 1 aliphatic heterocycles. The molecule has 0 saturated carbocycles. The number of alkyl carbamates (subject to hydrolysis) is 1. The molecule has 10 atom stereocenters. The van der Waals surface area contributed by atoms with Crippen molar-refractivity contribution in [3.05, 3.63) is 100 Å². The number of likely N-dealkylation sites (N-methyl/N-ethyl adjacent to an activating group) is 1. The molecule has 4 aromatic rings. The quantitative estimate of drug-likeness (QED) is 0.0224. The number of hydrogen-bond donors (Lipinski definition) is 10. The number of unbranched alkanes of at least 4 members (excludes halogenated alkanes) is 2. The number of likely N-dealkylation sites (tertiary alicyclic amines) is 1. The van der Waals surface area contributed by atoms with Crippen LogP contribution in [0.1, 0.15) is 159 Å². The van der Waals surface area contributed by atoms with E-state index >= 15 is 0 Å². The van der Waals surface area contributed by atoms with E-state index in [4.69, 9.17) is 29.8 Å². The summed E-state index contributed by atoms with van der Waals surface area (Å²) in [6, 6.07) is 10.7. The van der Waals surface area contributed by atoms with Gasteiger partial charge in [-0.3, -0.25) is 38.4 Å². The maximum atomic E-state index is 14.7. The predicted octanol–water partition coefficient (Wildman–Crippen LogP) is 6.14. The lowest BCUT2D eigenvalue weighted by molar-refractivity contribution is -0.192. The number of nitrogens with two attached hydrogens (primary N) is 1. The molecule has 11 N–H and O–H groups in total.